The van der Waals surface area contributed by atoms with E-state index in [-0.39, 0.29) is 0 Å². The van der Waals surface area contributed by atoms with Gasteiger partial charge in [0.1, 0.15) is 0 Å². The van der Waals surface area contributed by atoms with Crippen molar-refractivity contribution in [3.05, 3.63) is 35.9 Å². The highest BCUT2D eigenvalue weighted by Gasteiger charge is 2.27. The van der Waals surface area contributed by atoms with E-state index >= 15 is 0 Å². The normalized spacial score (nSPS) is 29.4. The van der Waals surface area contributed by atoms with Crippen LogP contribution < -0.4 is 5.32 Å². The topological polar surface area (TPSA) is 12.0 Å². The van der Waals surface area contributed by atoms with Crippen molar-refractivity contribution in [3.63, 3.8) is 0 Å². The quantitative estimate of drug-likeness (QED) is 0.819. The van der Waals surface area contributed by atoms with Gasteiger partial charge in [-0.1, -0.05) is 58.0 Å². The third-order valence-corrected chi connectivity index (χ3v) is 4.42. The van der Waals surface area contributed by atoms with E-state index in [2.05, 4.69) is 63.3 Å². The molecule has 1 aliphatic rings. The van der Waals surface area contributed by atoms with Crippen LogP contribution in [0.1, 0.15) is 58.6 Å². The van der Waals surface area contributed by atoms with Gasteiger partial charge in [-0.05, 0) is 42.6 Å². The number of benzene rings is 1. The third-order valence-electron chi connectivity index (χ3n) is 4.42. The van der Waals surface area contributed by atoms with Crippen LogP contribution in [0.25, 0.3) is 0 Å². The van der Waals surface area contributed by atoms with Gasteiger partial charge in [-0.25, -0.2) is 0 Å². The summed E-state index contributed by atoms with van der Waals surface area (Å²) < 4.78 is 0. The molecule has 1 N–H and O–H groups in total. The minimum Gasteiger partial charge on any atom is -0.307 e. The van der Waals surface area contributed by atoms with Crippen LogP contribution in [-0.2, 0) is 0 Å². The SMILES string of the molecule is CC1CC(C)CC(NC(c2ccccc2)C(C)C)C1. The van der Waals surface area contributed by atoms with Crippen LogP contribution in [0.2, 0.25) is 0 Å². The first kappa shape index (κ1) is 14.6. The van der Waals surface area contributed by atoms with Crippen LogP contribution in [0.5, 0.6) is 0 Å². The summed E-state index contributed by atoms with van der Waals surface area (Å²) in [5.41, 5.74) is 1.43. The lowest BCUT2D eigenvalue weighted by Gasteiger charge is -2.36. The van der Waals surface area contributed by atoms with Crippen molar-refractivity contribution in [2.45, 2.75) is 59.0 Å². The van der Waals surface area contributed by atoms with Crippen molar-refractivity contribution >= 4 is 0 Å². The number of rotatable bonds is 4. The molecule has 0 bridgehead atoms. The van der Waals surface area contributed by atoms with Crippen LogP contribution in [-0.4, -0.2) is 6.04 Å². The molecular weight excluding hydrogens is 230 g/mol. The summed E-state index contributed by atoms with van der Waals surface area (Å²) in [5, 5.41) is 3.93. The molecule has 1 saturated carbocycles. The molecule has 3 atom stereocenters. The molecule has 106 valence electrons. The van der Waals surface area contributed by atoms with E-state index in [0.717, 1.165) is 11.8 Å². The van der Waals surface area contributed by atoms with Gasteiger partial charge in [0.15, 0.2) is 0 Å². The predicted molar refractivity (Wildman–Crippen MR) is 83.1 cm³/mol. The van der Waals surface area contributed by atoms with E-state index in [4.69, 9.17) is 0 Å². The number of hydrogen-bond acceptors (Lipinski definition) is 1. The molecule has 0 amide bonds. The van der Waals surface area contributed by atoms with Gasteiger partial charge in [-0.2, -0.15) is 0 Å². The van der Waals surface area contributed by atoms with Crippen molar-refractivity contribution in [2.75, 3.05) is 0 Å². The Balaban J connectivity index is 2.05. The van der Waals surface area contributed by atoms with Gasteiger partial charge in [0.25, 0.3) is 0 Å². The fourth-order valence-electron chi connectivity index (χ4n) is 3.67. The van der Waals surface area contributed by atoms with Gasteiger partial charge in [0.05, 0.1) is 0 Å². The minimum atomic E-state index is 0.490. The lowest BCUT2D eigenvalue weighted by atomic mass is 9.79. The van der Waals surface area contributed by atoms with Crippen molar-refractivity contribution in [2.24, 2.45) is 17.8 Å². The van der Waals surface area contributed by atoms with Crippen LogP contribution in [0.3, 0.4) is 0 Å². The highest BCUT2D eigenvalue weighted by atomic mass is 15.0. The molecular formula is C18H29N. The van der Waals surface area contributed by atoms with E-state index in [1.54, 1.807) is 0 Å². The maximum absolute atomic E-state index is 3.93. The fourth-order valence-corrected chi connectivity index (χ4v) is 3.67. The van der Waals surface area contributed by atoms with Gasteiger partial charge in [0.2, 0.25) is 0 Å². The molecule has 0 aliphatic heterocycles. The summed E-state index contributed by atoms with van der Waals surface area (Å²) in [6, 6.07) is 12.1. The van der Waals surface area contributed by atoms with Gasteiger partial charge >= 0.3 is 0 Å². The molecule has 2 rings (SSSR count). The molecule has 0 radical (unpaired) electrons. The lowest BCUT2D eigenvalue weighted by molar-refractivity contribution is 0.213. The highest BCUT2D eigenvalue weighted by Crippen LogP contribution is 2.31. The second-order valence-electron chi connectivity index (χ2n) is 6.91. The summed E-state index contributed by atoms with van der Waals surface area (Å²) in [7, 11) is 0. The van der Waals surface area contributed by atoms with Crippen molar-refractivity contribution in [1.29, 1.82) is 0 Å². The van der Waals surface area contributed by atoms with Crippen molar-refractivity contribution in [3.8, 4) is 0 Å². The van der Waals surface area contributed by atoms with Gasteiger partial charge in [-0.3, -0.25) is 0 Å². The molecule has 1 heteroatoms. The summed E-state index contributed by atoms with van der Waals surface area (Å²) >= 11 is 0. The molecule has 1 nitrogen and oxygen atoms in total. The standard InChI is InChI=1S/C18H29N/c1-13(2)18(16-8-6-5-7-9-16)19-17-11-14(3)10-15(4)12-17/h5-9,13-15,17-19H,10-12H2,1-4H3. The molecule has 0 aromatic heterocycles. The maximum atomic E-state index is 3.93. The monoisotopic (exact) mass is 259 g/mol. The largest absolute Gasteiger partial charge is 0.307 e. The van der Waals surface area contributed by atoms with E-state index in [1.807, 2.05) is 0 Å². The fraction of sp³-hybridized carbons (Fsp3) is 0.667. The number of nitrogens with one attached hydrogen (secondary N) is 1. The van der Waals surface area contributed by atoms with Crippen LogP contribution >= 0.6 is 0 Å². The van der Waals surface area contributed by atoms with Crippen LogP contribution in [0.4, 0.5) is 0 Å². The molecule has 19 heavy (non-hydrogen) atoms. The molecule has 1 aliphatic carbocycles. The summed E-state index contributed by atoms with van der Waals surface area (Å²) in [6.45, 7) is 9.44. The second kappa shape index (κ2) is 6.56. The van der Waals surface area contributed by atoms with Gasteiger partial charge in [0, 0.05) is 12.1 Å². The van der Waals surface area contributed by atoms with E-state index < -0.39 is 0 Å². The predicted octanol–water partition coefficient (Wildman–Crippen LogP) is 4.80. The second-order valence-corrected chi connectivity index (χ2v) is 6.91. The Morgan fingerprint density at radius 3 is 2.05 bits per heavy atom. The third kappa shape index (κ3) is 4.07. The first-order valence-corrected chi connectivity index (χ1v) is 7.87. The summed E-state index contributed by atoms with van der Waals surface area (Å²) in [4.78, 5) is 0. The maximum Gasteiger partial charge on any atom is 0.0345 e. The van der Waals surface area contributed by atoms with E-state index in [9.17, 15) is 0 Å². The smallest absolute Gasteiger partial charge is 0.0345 e. The Kier molecular flexibility index (Phi) is 5.04. The van der Waals surface area contributed by atoms with Crippen molar-refractivity contribution < 1.29 is 0 Å². The summed E-state index contributed by atoms with van der Waals surface area (Å²) in [5.74, 6) is 2.37. The molecule has 1 aromatic carbocycles. The zero-order chi connectivity index (χ0) is 13.8. The Hall–Kier alpha value is -0.820. The Labute approximate surface area is 118 Å². The Bertz CT molecular complexity index is 361. The molecule has 0 spiro atoms. The molecule has 3 unspecified atom stereocenters. The van der Waals surface area contributed by atoms with Gasteiger partial charge < -0.3 is 5.32 Å². The van der Waals surface area contributed by atoms with Crippen LogP contribution in [0, 0.1) is 17.8 Å². The molecule has 0 saturated heterocycles. The first-order valence-electron chi connectivity index (χ1n) is 7.87. The minimum absolute atomic E-state index is 0.490. The first-order chi connectivity index (χ1) is 9.06. The zero-order valence-corrected chi connectivity index (χ0v) is 12.9. The molecule has 1 fully saturated rings. The summed E-state index contributed by atoms with van der Waals surface area (Å²) in [6.07, 6.45) is 4.07. The Morgan fingerprint density at radius 2 is 1.53 bits per heavy atom. The zero-order valence-electron chi connectivity index (χ0n) is 12.9. The van der Waals surface area contributed by atoms with Gasteiger partial charge in [-0.15, -0.1) is 0 Å². The van der Waals surface area contributed by atoms with E-state index in [1.165, 1.54) is 24.8 Å². The van der Waals surface area contributed by atoms with Crippen LogP contribution in [0.15, 0.2) is 30.3 Å². The average molecular weight is 259 g/mol. The van der Waals surface area contributed by atoms with E-state index in [0.29, 0.717) is 18.0 Å². The highest BCUT2D eigenvalue weighted by molar-refractivity contribution is 5.19. The average Bonchev–Trinajstić information content (AvgIpc) is 2.35. The molecule has 0 heterocycles. The molecule has 1 aromatic rings. The lowest BCUT2D eigenvalue weighted by Crippen LogP contribution is -2.40. The number of hydrogen-bond donors (Lipinski definition) is 1. The Morgan fingerprint density at radius 1 is 0.947 bits per heavy atom. The van der Waals surface area contributed by atoms with Crippen molar-refractivity contribution in [1.82, 2.24) is 5.32 Å².